The minimum Gasteiger partial charge on any atom is -0.492 e. The number of carbonyl (C=O) groups is 2. The second-order valence-electron chi connectivity index (χ2n) is 5.02. The molecule has 0 atom stereocenters. The van der Waals surface area contributed by atoms with Crippen molar-refractivity contribution in [3.8, 4) is 5.75 Å². The number of hydrogen-bond acceptors (Lipinski definition) is 5. The monoisotopic (exact) mass is 362 g/mol. The van der Waals surface area contributed by atoms with Gasteiger partial charge >= 0.3 is 5.97 Å². The van der Waals surface area contributed by atoms with Gasteiger partial charge in [0.25, 0.3) is 0 Å². The van der Waals surface area contributed by atoms with Gasteiger partial charge in [0.1, 0.15) is 5.75 Å². The van der Waals surface area contributed by atoms with E-state index in [-0.39, 0.29) is 23.0 Å². The number of amides is 1. The first-order chi connectivity index (χ1) is 12.0. The number of halogens is 1. The first-order valence-electron chi connectivity index (χ1n) is 7.68. The van der Waals surface area contributed by atoms with Crippen LogP contribution >= 0.6 is 11.6 Å². The zero-order chi connectivity index (χ0) is 18.2. The van der Waals surface area contributed by atoms with E-state index in [2.05, 4.69) is 15.4 Å². The average molecular weight is 363 g/mol. The molecule has 0 spiro atoms. The lowest BCUT2D eigenvalue weighted by atomic mass is 10.2. The molecule has 2 rings (SSSR count). The van der Waals surface area contributed by atoms with Gasteiger partial charge < -0.3 is 20.1 Å². The minimum absolute atomic E-state index is 0.0166. The van der Waals surface area contributed by atoms with Gasteiger partial charge in [-0.1, -0.05) is 23.7 Å². The molecule has 7 heteroatoms. The van der Waals surface area contributed by atoms with Gasteiger partial charge in [-0.3, -0.25) is 4.79 Å². The van der Waals surface area contributed by atoms with Crippen LogP contribution in [-0.4, -0.2) is 32.1 Å². The summed E-state index contributed by atoms with van der Waals surface area (Å²) in [6.45, 7) is 2.40. The molecule has 2 aromatic carbocycles. The van der Waals surface area contributed by atoms with Crippen LogP contribution in [0.15, 0.2) is 42.5 Å². The first-order valence-corrected chi connectivity index (χ1v) is 8.06. The number of rotatable bonds is 7. The summed E-state index contributed by atoms with van der Waals surface area (Å²) in [5, 5.41) is 6.01. The molecular weight excluding hydrogens is 344 g/mol. The lowest BCUT2D eigenvalue weighted by molar-refractivity contribution is -0.114. The molecule has 0 fully saturated rings. The summed E-state index contributed by atoms with van der Waals surface area (Å²) in [7, 11) is 1.28. The Morgan fingerprint density at radius 3 is 2.64 bits per heavy atom. The summed E-state index contributed by atoms with van der Waals surface area (Å²) in [6, 6.07) is 12.0. The SMILES string of the molecule is CCOc1ccccc1NC(=O)CNc1ccc(Cl)c(C(=O)OC)c1. The molecule has 2 aromatic rings. The third-order valence-corrected chi connectivity index (χ3v) is 3.62. The van der Waals surface area contributed by atoms with Crippen LogP contribution in [0, 0.1) is 0 Å². The minimum atomic E-state index is -0.538. The number of ether oxygens (including phenoxy) is 2. The number of para-hydroxylation sites is 2. The Morgan fingerprint density at radius 2 is 1.92 bits per heavy atom. The summed E-state index contributed by atoms with van der Waals surface area (Å²) < 4.78 is 10.1. The van der Waals surface area contributed by atoms with Crippen molar-refractivity contribution in [1.82, 2.24) is 0 Å². The fourth-order valence-corrected chi connectivity index (χ4v) is 2.32. The number of anilines is 2. The third kappa shape index (κ3) is 5.12. The van der Waals surface area contributed by atoms with Crippen molar-refractivity contribution in [2.75, 3.05) is 30.9 Å². The number of methoxy groups -OCH3 is 1. The van der Waals surface area contributed by atoms with Crippen molar-refractivity contribution in [2.24, 2.45) is 0 Å². The first kappa shape index (κ1) is 18.6. The number of esters is 1. The fourth-order valence-electron chi connectivity index (χ4n) is 2.13. The Hall–Kier alpha value is -2.73. The van der Waals surface area contributed by atoms with Gasteiger partial charge in [0.2, 0.25) is 5.91 Å². The Kier molecular flexibility index (Phi) is 6.65. The zero-order valence-corrected chi connectivity index (χ0v) is 14.7. The van der Waals surface area contributed by atoms with E-state index in [0.29, 0.717) is 23.7 Å². The molecule has 0 unspecified atom stereocenters. The van der Waals surface area contributed by atoms with Crippen LogP contribution in [0.5, 0.6) is 5.75 Å². The summed E-state index contributed by atoms with van der Waals surface area (Å²) in [4.78, 5) is 23.8. The van der Waals surface area contributed by atoms with Crippen molar-refractivity contribution in [3.63, 3.8) is 0 Å². The van der Waals surface area contributed by atoms with Crippen molar-refractivity contribution in [2.45, 2.75) is 6.92 Å². The molecule has 2 N–H and O–H groups in total. The van der Waals surface area contributed by atoms with E-state index in [4.69, 9.17) is 16.3 Å². The molecule has 0 heterocycles. The van der Waals surface area contributed by atoms with E-state index in [1.807, 2.05) is 19.1 Å². The Balaban J connectivity index is 2.00. The standard InChI is InChI=1S/C18H19ClN2O4/c1-3-25-16-7-5-4-6-15(16)21-17(22)11-20-12-8-9-14(19)13(10-12)18(23)24-2/h4-10,20H,3,11H2,1-2H3,(H,21,22). The molecule has 0 saturated carbocycles. The number of carbonyl (C=O) groups excluding carboxylic acids is 2. The highest BCUT2D eigenvalue weighted by atomic mass is 35.5. The van der Waals surface area contributed by atoms with Gasteiger partial charge in [-0.15, -0.1) is 0 Å². The molecule has 0 saturated heterocycles. The Labute approximate surface area is 151 Å². The summed E-state index contributed by atoms with van der Waals surface area (Å²) in [5.74, 6) is -0.178. The molecule has 0 aromatic heterocycles. The van der Waals surface area contributed by atoms with Crippen LogP contribution in [0.3, 0.4) is 0 Å². The van der Waals surface area contributed by atoms with Gasteiger partial charge in [-0.2, -0.15) is 0 Å². The van der Waals surface area contributed by atoms with Crippen LogP contribution in [0.4, 0.5) is 11.4 Å². The zero-order valence-electron chi connectivity index (χ0n) is 14.0. The van der Waals surface area contributed by atoms with Crippen LogP contribution in [-0.2, 0) is 9.53 Å². The quantitative estimate of drug-likeness (QED) is 0.736. The Bertz CT molecular complexity index is 764. The predicted molar refractivity (Wildman–Crippen MR) is 97.5 cm³/mol. The summed E-state index contributed by atoms with van der Waals surface area (Å²) in [6.07, 6.45) is 0. The molecule has 0 bridgehead atoms. The van der Waals surface area contributed by atoms with Crippen molar-refractivity contribution >= 4 is 34.9 Å². The molecule has 0 aliphatic rings. The van der Waals surface area contributed by atoms with E-state index >= 15 is 0 Å². The van der Waals surface area contributed by atoms with Crippen LogP contribution in [0.1, 0.15) is 17.3 Å². The molecule has 1 amide bonds. The van der Waals surface area contributed by atoms with Gasteiger partial charge in [0, 0.05) is 5.69 Å². The van der Waals surface area contributed by atoms with Crippen molar-refractivity contribution in [1.29, 1.82) is 0 Å². The van der Waals surface area contributed by atoms with Gasteiger partial charge in [-0.25, -0.2) is 4.79 Å². The van der Waals surface area contributed by atoms with Crippen molar-refractivity contribution < 1.29 is 19.1 Å². The predicted octanol–water partition coefficient (Wildman–Crippen LogP) is 3.58. The van der Waals surface area contributed by atoms with Gasteiger partial charge in [0.05, 0.1) is 36.5 Å². The molecule has 0 aliphatic heterocycles. The smallest absolute Gasteiger partial charge is 0.339 e. The maximum atomic E-state index is 12.1. The second kappa shape index (κ2) is 8.94. The molecule has 0 aliphatic carbocycles. The van der Waals surface area contributed by atoms with E-state index in [1.54, 1.807) is 24.3 Å². The molecule has 25 heavy (non-hydrogen) atoms. The highest BCUT2D eigenvalue weighted by Gasteiger charge is 2.12. The van der Waals surface area contributed by atoms with Crippen molar-refractivity contribution in [3.05, 3.63) is 53.1 Å². The molecule has 132 valence electrons. The van der Waals surface area contributed by atoms with E-state index in [9.17, 15) is 9.59 Å². The normalized spacial score (nSPS) is 10.0. The summed E-state index contributed by atoms with van der Waals surface area (Å²) in [5.41, 5.74) is 1.41. The highest BCUT2D eigenvalue weighted by molar-refractivity contribution is 6.33. The van der Waals surface area contributed by atoms with Crippen LogP contribution < -0.4 is 15.4 Å². The number of hydrogen-bond donors (Lipinski definition) is 2. The van der Waals surface area contributed by atoms with Gasteiger partial charge in [0.15, 0.2) is 0 Å². The molecule has 0 radical (unpaired) electrons. The lowest BCUT2D eigenvalue weighted by Crippen LogP contribution is -2.22. The largest absolute Gasteiger partial charge is 0.492 e. The number of nitrogens with one attached hydrogen (secondary N) is 2. The lowest BCUT2D eigenvalue weighted by Gasteiger charge is -2.12. The molecule has 6 nitrogen and oxygen atoms in total. The third-order valence-electron chi connectivity index (χ3n) is 3.29. The second-order valence-corrected chi connectivity index (χ2v) is 5.42. The van der Waals surface area contributed by atoms with E-state index in [0.717, 1.165) is 0 Å². The molecular formula is C18H19ClN2O4. The van der Waals surface area contributed by atoms with Gasteiger partial charge in [-0.05, 0) is 37.3 Å². The van der Waals surface area contributed by atoms with E-state index in [1.165, 1.54) is 13.2 Å². The van der Waals surface area contributed by atoms with Crippen LogP contribution in [0.25, 0.3) is 0 Å². The maximum absolute atomic E-state index is 12.1. The maximum Gasteiger partial charge on any atom is 0.339 e. The summed E-state index contributed by atoms with van der Waals surface area (Å²) >= 11 is 5.97. The van der Waals surface area contributed by atoms with Crippen LogP contribution in [0.2, 0.25) is 5.02 Å². The topological polar surface area (TPSA) is 76.7 Å². The Morgan fingerprint density at radius 1 is 1.16 bits per heavy atom. The fraction of sp³-hybridized carbons (Fsp3) is 0.222. The highest BCUT2D eigenvalue weighted by Crippen LogP contribution is 2.24. The number of benzene rings is 2. The average Bonchev–Trinajstić information content (AvgIpc) is 2.62. The van der Waals surface area contributed by atoms with E-state index < -0.39 is 5.97 Å².